The quantitative estimate of drug-likeness (QED) is 0.697. The van der Waals surface area contributed by atoms with E-state index in [9.17, 15) is 9.59 Å². The van der Waals surface area contributed by atoms with Gasteiger partial charge in [-0.3, -0.25) is 9.59 Å². The van der Waals surface area contributed by atoms with E-state index in [2.05, 4.69) is 19.2 Å². The van der Waals surface area contributed by atoms with Crippen molar-refractivity contribution in [3.8, 4) is 0 Å². The molecule has 122 valence electrons. The highest BCUT2D eigenvalue weighted by Crippen LogP contribution is 2.27. The molecule has 0 aromatic carbocycles. The smallest absolute Gasteiger partial charge is 0.248 e. The highest BCUT2D eigenvalue weighted by Gasteiger charge is 2.48. The zero-order valence-corrected chi connectivity index (χ0v) is 14.1. The monoisotopic (exact) mass is 298 g/mol. The summed E-state index contributed by atoms with van der Waals surface area (Å²) in [5.41, 5.74) is -0.725. The van der Waals surface area contributed by atoms with Gasteiger partial charge in [-0.05, 0) is 31.6 Å². The molecule has 0 spiro atoms. The van der Waals surface area contributed by atoms with Gasteiger partial charge in [0.2, 0.25) is 11.8 Å². The van der Waals surface area contributed by atoms with Crippen LogP contribution in [0.1, 0.15) is 53.4 Å². The first-order valence-corrected chi connectivity index (χ1v) is 8.03. The number of nitrogens with zero attached hydrogens (tertiary/aromatic N) is 1. The standard InChI is InChI=1S/C16H30N2O3/c1-6-16(7-2)15(20)18(9-8-10-21-5)13(11-12(3)4)14(19)17-16/h12-13H,6-11H2,1-5H3,(H,17,19). The lowest BCUT2D eigenvalue weighted by Gasteiger charge is -2.46. The normalized spacial score (nSPS) is 21.8. The lowest BCUT2D eigenvalue weighted by atomic mass is 9.85. The van der Waals surface area contributed by atoms with E-state index in [-0.39, 0.29) is 17.9 Å². The summed E-state index contributed by atoms with van der Waals surface area (Å²) in [6, 6.07) is -0.347. The maximum atomic E-state index is 12.9. The molecule has 1 atom stereocenters. The van der Waals surface area contributed by atoms with Gasteiger partial charge in [-0.25, -0.2) is 0 Å². The summed E-state index contributed by atoms with van der Waals surface area (Å²) in [5.74, 6) is 0.424. The molecule has 1 heterocycles. The Morgan fingerprint density at radius 1 is 1.29 bits per heavy atom. The van der Waals surface area contributed by atoms with Gasteiger partial charge in [0.25, 0.3) is 0 Å². The van der Waals surface area contributed by atoms with Crippen molar-refractivity contribution >= 4 is 11.8 Å². The number of rotatable bonds is 8. The molecule has 5 heteroatoms. The van der Waals surface area contributed by atoms with Crippen LogP contribution in [0.25, 0.3) is 0 Å². The molecule has 0 aromatic heterocycles. The number of ether oxygens (including phenoxy) is 1. The lowest BCUT2D eigenvalue weighted by Crippen LogP contribution is -2.70. The molecule has 0 radical (unpaired) electrons. The third kappa shape index (κ3) is 3.96. The van der Waals surface area contributed by atoms with E-state index in [0.717, 1.165) is 6.42 Å². The second-order valence-electron chi connectivity index (χ2n) is 6.27. The third-order valence-corrected chi connectivity index (χ3v) is 4.36. The van der Waals surface area contributed by atoms with Crippen LogP contribution in [0.4, 0.5) is 0 Å². The third-order valence-electron chi connectivity index (χ3n) is 4.36. The molecular formula is C16H30N2O3. The number of nitrogens with one attached hydrogen (secondary N) is 1. The predicted molar refractivity (Wildman–Crippen MR) is 82.9 cm³/mol. The first-order chi connectivity index (χ1) is 9.91. The van der Waals surface area contributed by atoms with E-state index in [1.54, 1.807) is 12.0 Å². The number of methoxy groups -OCH3 is 1. The van der Waals surface area contributed by atoms with E-state index in [4.69, 9.17) is 4.74 Å². The van der Waals surface area contributed by atoms with Crippen LogP contribution in [-0.4, -0.2) is 48.6 Å². The van der Waals surface area contributed by atoms with E-state index in [1.165, 1.54) is 0 Å². The van der Waals surface area contributed by atoms with Crippen LogP contribution in [0.3, 0.4) is 0 Å². The van der Waals surface area contributed by atoms with Crippen molar-refractivity contribution in [1.82, 2.24) is 10.2 Å². The molecule has 0 bridgehead atoms. The number of hydrogen-bond acceptors (Lipinski definition) is 3. The van der Waals surface area contributed by atoms with Gasteiger partial charge in [0.05, 0.1) is 0 Å². The Morgan fingerprint density at radius 2 is 1.90 bits per heavy atom. The first kappa shape index (κ1) is 18.0. The van der Waals surface area contributed by atoms with Crippen LogP contribution in [0, 0.1) is 5.92 Å². The molecule has 0 saturated carbocycles. The first-order valence-electron chi connectivity index (χ1n) is 8.03. The topological polar surface area (TPSA) is 58.6 Å². The largest absolute Gasteiger partial charge is 0.385 e. The Balaban J connectivity index is 2.98. The number of amides is 2. The second kappa shape index (κ2) is 7.78. The summed E-state index contributed by atoms with van der Waals surface area (Å²) >= 11 is 0. The molecule has 1 fully saturated rings. The average molecular weight is 298 g/mol. The summed E-state index contributed by atoms with van der Waals surface area (Å²) < 4.78 is 5.08. The van der Waals surface area contributed by atoms with Gasteiger partial charge in [-0.2, -0.15) is 0 Å². The van der Waals surface area contributed by atoms with Gasteiger partial charge in [0.1, 0.15) is 11.6 Å². The van der Waals surface area contributed by atoms with Crippen molar-refractivity contribution in [3.05, 3.63) is 0 Å². The molecule has 1 N–H and O–H groups in total. The Labute approximate surface area is 128 Å². The van der Waals surface area contributed by atoms with Crippen LogP contribution >= 0.6 is 0 Å². The Bertz CT molecular complexity index is 365. The zero-order chi connectivity index (χ0) is 16.0. The number of carbonyl (C=O) groups is 2. The highest BCUT2D eigenvalue weighted by atomic mass is 16.5. The SMILES string of the molecule is CCC1(CC)NC(=O)C(CC(C)C)N(CCCOC)C1=O. The van der Waals surface area contributed by atoms with E-state index < -0.39 is 5.54 Å². The maximum absolute atomic E-state index is 12.9. The zero-order valence-electron chi connectivity index (χ0n) is 14.1. The highest BCUT2D eigenvalue weighted by molar-refractivity contribution is 5.99. The molecule has 1 aliphatic rings. The van der Waals surface area contributed by atoms with Crippen LogP contribution in [0.15, 0.2) is 0 Å². The van der Waals surface area contributed by atoms with Gasteiger partial charge < -0.3 is 15.0 Å². The number of carbonyl (C=O) groups excluding carboxylic acids is 2. The fourth-order valence-electron chi connectivity index (χ4n) is 2.98. The van der Waals surface area contributed by atoms with Crippen molar-refractivity contribution in [2.45, 2.75) is 65.0 Å². The molecule has 0 aromatic rings. The second-order valence-corrected chi connectivity index (χ2v) is 6.27. The summed E-state index contributed by atoms with van der Waals surface area (Å²) in [4.78, 5) is 27.2. The minimum Gasteiger partial charge on any atom is -0.385 e. The molecule has 1 unspecified atom stereocenters. The van der Waals surface area contributed by atoms with Crippen LogP contribution in [0.5, 0.6) is 0 Å². The van der Waals surface area contributed by atoms with Crippen LogP contribution in [0.2, 0.25) is 0 Å². The Kier molecular flexibility index (Phi) is 6.65. The fourth-order valence-corrected chi connectivity index (χ4v) is 2.98. The van der Waals surface area contributed by atoms with Crippen molar-refractivity contribution < 1.29 is 14.3 Å². The van der Waals surface area contributed by atoms with Crippen molar-refractivity contribution in [2.24, 2.45) is 5.92 Å². The summed E-state index contributed by atoms with van der Waals surface area (Å²) in [5, 5.41) is 2.99. The van der Waals surface area contributed by atoms with Crippen molar-refractivity contribution in [2.75, 3.05) is 20.3 Å². The minimum atomic E-state index is -0.725. The van der Waals surface area contributed by atoms with Gasteiger partial charge in [0, 0.05) is 20.3 Å². The van der Waals surface area contributed by atoms with Gasteiger partial charge in [-0.1, -0.05) is 27.7 Å². The molecular weight excluding hydrogens is 268 g/mol. The summed E-state index contributed by atoms with van der Waals surface area (Å²) in [6.07, 6.45) is 2.72. The molecule has 5 nitrogen and oxygen atoms in total. The van der Waals surface area contributed by atoms with Crippen LogP contribution < -0.4 is 5.32 Å². The molecule has 2 amide bonds. The van der Waals surface area contributed by atoms with Gasteiger partial charge in [-0.15, -0.1) is 0 Å². The maximum Gasteiger partial charge on any atom is 0.248 e. The molecule has 21 heavy (non-hydrogen) atoms. The Morgan fingerprint density at radius 3 is 2.38 bits per heavy atom. The molecule has 1 aliphatic heterocycles. The van der Waals surface area contributed by atoms with Gasteiger partial charge in [0.15, 0.2) is 0 Å². The minimum absolute atomic E-state index is 0.00980. The van der Waals surface area contributed by atoms with E-state index >= 15 is 0 Å². The number of hydrogen-bond donors (Lipinski definition) is 1. The molecule has 1 saturated heterocycles. The number of piperazine rings is 1. The Hall–Kier alpha value is -1.10. The van der Waals surface area contributed by atoms with E-state index in [1.807, 2.05) is 13.8 Å². The van der Waals surface area contributed by atoms with Gasteiger partial charge >= 0.3 is 0 Å². The fraction of sp³-hybridized carbons (Fsp3) is 0.875. The predicted octanol–water partition coefficient (Wildman–Crippen LogP) is 1.95. The van der Waals surface area contributed by atoms with Crippen molar-refractivity contribution in [3.63, 3.8) is 0 Å². The summed E-state index contributed by atoms with van der Waals surface area (Å²) in [7, 11) is 1.65. The van der Waals surface area contributed by atoms with Crippen LogP contribution in [-0.2, 0) is 14.3 Å². The van der Waals surface area contributed by atoms with Crippen molar-refractivity contribution in [1.29, 1.82) is 0 Å². The molecule has 1 rings (SSSR count). The average Bonchev–Trinajstić information content (AvgIpc) is 2.45. The molecule has 0 aliphatic carbocycles. The lowest BCUT2D eigenvalue weighted by molar-refractivity contribution is -0.156. The summed E-state index contributed by atoms with van der Waals surface area (Å²) in [6.45, 7) is 9.25. The van der Waals surface area contributed by atoms with E-state index in [0.29, 0.717) is 38.3 Å².